The monoisotopic (exact) mass is 261 g/mol. The maximum absolute atomic E-state index is 11.5. The Morgan fingerprint density at radius 1 is 1.31 bits per heavy atom. The molecule has 1 aromatic carbocycles. The maximum Gasteiger partial charge on any atom is 0.152 e. The molecule has 16 heavy (non-hydrogen) atoms. The van der Waals surface area contributed by atoms with Crippen LogP contribution < -0.4 is 5.73 Å². The zero-order chi connectivity index (χ0) is 12.3. The number of rotatable bonds is 4. The topological polar surface area (TPSA) is 60.2 Å². The molecule has 0 heterocycles. The smallest absolute Gasteiger partial charge is 0.152 e. The van der Waals surface area contributed by atoms with Crippen LogP contribution in [0.5, 0.6) is 0 Å². The highest BCUT2D eigenvalue weighted by molar-refractivity contribution is 7.91. The molecule has 0 aromatic heterocycles. The van der Waals surface area contributed by atoms with E-state index in [1.165, 1.54) is 6.26 Å². The van der Waals surface area contributed by atoms with Gasteiger partial charge in [0.25, 0.3) is 0 Å². The van der Waals surface area contributed by atoms with Crippen molar-refractivity contribution in [2.75, 3.05) is 6.26 Å². The summed E-state index contributed by atoms with van der Waals surface area (Å²) in [4.78, 5) is 0. The summed E-state index contributed by atoms with van der Waals surface area (Å²) in [6.45, 7) is 1.82. The fourth-order valence-electron chi connectivity index (χ4n) is 1.72. The second-order valence-corrected chi connectivity index (χ2v) is 6.55. The number of hydrogen-bond donors (Lipinski definition) is 1. The van der Waals surface area contributed by atoms with Crippen LogP contribution in [0.25, 0.3) is 0 Å². The summed E-state index contributed by atoms with van der Waals surface area (Å²) in [5.41, 5.74) is 6.76. The van der Waals surface area contributed by atoms with Gasteiger partial charge in [0.1, 0.15) is 0 Å². The molecule has 0 aliphatic carbocycles. The predicted octanol–water partition coefficient (Wildman–Crippen LogP) is 2.16. The summed E-state index contributed by atoms with van der Waals surface area (Å²) in [7, 11) is -3.13. The minimum Gasteiger partial charge on any atom is -0.323 e. The van der Waals surface area contributed by atoms with Gasteiger partial charge in [-0.3, -0.25) is 0 Å². The Hall–Kier alpha value is -0.580. The van der Waals surface area contributed by atoms with E-state index in [1.54, 1.807) is 24.3 Å². The highest BCUT2D eigenvalue weighted by atomic mass is 35.5. The van der Waals surface area contributed by atoms with Gasteiger partial charge in [-0.15, -0.1) is 0 Å². The number of sulfone groups is 1. The van der Waals surface area contributed by atoms with Gasteiger partial charge in [-0.25, -0.2) is 8.42 Å². The van der Waals surface area contributed by atoms with Crippen molar-refractivity contribution in [3.8, 4) is 0 Å². The fourth-order valence-corrected chi connectivity index (χ4v) is 3.14. The Balaban J connectivity index is 3.00. The standard InChI is InChI=1S/C11H16ClNO2S/c1-3-10(16(2,14)15)11(13)8-4-6-9(12)7-5-8/h4-7,10-11H,3,13H2,1-2H3/t10-,11-/m1/s1. The van der Waals surface area contributed by atoms with Crippen LogP contribution in [0, 0.1) is 0 Å². The Morgan fingerprint density at radius 3 is 2.19 bits per heavy atom. The van der Waals surface area contributed by atoms with Crippen LogP contribution in [-0.4, -0.2) is 19.9 Å². The Kier molecular flexibility index (Phi) is 4.35. The Bertz CT molecular complexity index is 442. The molecule has 0 unspecified atom stereocenters. The van der Waals surface area contributed by atoms with E-state index in [1.807, 2.05) is 6.92 Å². The SMILES string of the molecule is CC[C@H]([C@H](N)c1ccc(Cl)cc1)S(C)(=O)=O. The van der Waals surface area contributed by atoms with Crippen LogP contribution in [-0.2, 0) is 9.84 Å². The van der Waals surface area contributed by atoms with E-state index < -0.39 is 21.1 Å². The fraction of sp³-hybridized carbons (Fsp3) is 0.455. The molecule has 0 amide bonds. The van der Waals surface area contributed by atoms with Crippen molar-refractivity contribution in [2.24, 2.45) is 5.73 Å². The molecule has 3 nitrogen and oxygen atoms in total. The first kappa shape index (κ1) is 13.5. The summed E-state index contributed by atoms with van der Waals surface area (Å²) < 4.78 is 23.1. The largest absolute Gasteiger partial charge is 0.323 e. The van der Waals surface area contributed by atoms with Gasteiger partial charge in [0, 0.05) is 17.3 Å². The minimum absolute atomic E-state index is 0.503. The molecule has 0 aliphatic heterocycles. The summed E-state index contributed by atoms with van der Waals surface area (Å²) in [5, 5.41) is 0.0667. The first-order chi connectivity index (χ1) is 7.36. The van der Waals surface area contributed by atoms with Gasteiger partial charge in [0.05, 0.1) is 5.25 Å². The van der Waals surface area contributed by atoms with Crippen molar-refractivity contribution in [3.05, 3.63) is 34.9 Å². The van der Waals surface area contributed by atoms with Crippen molar-refractivity contribution in [1.82, 2.24) is 0 Å². The summed E-state index contributed by atoms with van der Waals surface area (Å²) in [6.07, 6.45) is 1.72. The molecule has 2 N–H and O–H groups in total. The van der Waals surface area contributed by atoms with Crippen molar-refractivity contribution < 1.29 is 8.42 Å². The Morgan fingerprint density at radius 2 is 1.81 bits per heavy atom. The summed E-state index contributed by atoms with van der Waals surface area (Å²) in [6, 6.07) is 6.45. The third kappa shape index (κ3) is 3.20. The lowest BCUT2D eigenvalue weighted by molar-refractivity contribution is 0.553. The van der Waals surface area contributed by atoms with Crippen molar-refractivity contribution >= 4 is 21.4 Å². The van der Waals surface area contributed by atoms with E-state index in [0.717, 1.165) is 5.56 Å². The third-order valence-electron chi connectivity index (χ3n) is 2.61. The number of benzene rings is 1. The van der Waals surface area contributed by atoms with Gasteiger partial charge in [0.15, 0.2) is 9.84 Å². The van der Waals surface area contributed by atoms with E-state index >= 15 is 0 Å². The van der Waals surface area contributed by atoms with E-state index in [9.17, 15) is 8.42 Å². The molecule has 1 aromatic rings. The molecule has 0 aliphatic rings. The van der Waals surface area contributed by atoms with Crippen LogP contribution in [0.4, 0.5) is 0 Å². The molecular weight excluding hydrogens is 246 g/mol. The van der Waals surface area contributed by atoms with Crippen molar-refractivity contribution in [3.63, 3.8) is 0 Å². The van der Waals surface area contributed by atoms with Crippen LogP contribution in [0.2, 0.25) is 5.02 Å². The van der Waals surface area contributed by atoms with E-state index in [0.29, 0.717) is 11.4 Å². The summed E-state index contributed by atoms with van der Waals surface area (Å²) in [5.74, 6) is 0. The quantitative estimate of drug-likeness (QED) is 0.904. The summed E-state index contributed by atoms with van der Waals surface area (Å²) >= 11 is 5.76. The molecular formula is C11H16ClNO2S. The lowest BCUT2D eigenvalue weighted by Gasteiger charge is -2.21. The number of halogens is 1. The molecule has 0 fully saturated rings. The molecule has 1 rings (SSSR count). The van der Waals surface area contributed by atoms with Gasteiger partial charge in [-0.05, 0) is 24.1 Å². The van der Waals surface area contributed by atoms with E-state index in [2.05, 4.69) is 0 Å². The average Bonchev–Trinajstić information content (AvgIpc) is 2.17. The van der Waals surface area contributed by atoms with Gasteiger partial charge in [-0.2, -0.15) is 0 Å². The molecule has 2 atom stereocenters. The van der Waals surface area contributed by atoms with Crippen LogP contribution in [0.1, 0.15) is 24.9 Å². The van der Waals surface area contributed by atoms with Crippen molar-refractivity contribution in [1.29, 1.82) is 0 Å². The maximum atomic E-state index is 11.5. The number of nitrogens with two attached hydrogens (primary N) is 1. The van der Waals surface area contributed by atoms with E-state index in [4.69, 9.17) is 17.3 Å². The predicted molar refractivity (Wildman–Crippen MR) is 67.3 cm³/mol. The molecule has 0 spiro atoms. The van der Waals surface area contributed by atoms with Crippen LogP contribution in [0.15, 0.2) is 24.3 Å². The average molecular weight is 262 g/mol. The first-order valence-electron chi connectivity index (χ1n) is 5.06. The van der Waals surface area contributed by atoms with Crippen LogP contribution in [0.3, 0.4) is 0 Å². The normalized spacial score (nSPS) is 15.8. The zero-order valence-corrected chi connectivity index (χ0v) is 10.9. The van der Waals surface area contributed by atoms with E-state index in [-0.39, 0.29) is 0 Å². The lowest BCUT2D eigenvalue weighted by atomic mass is 10.0. The second kappa shape index (κ2) is 5.17. The van der Waals surface area contributed by atoms with Gasteiger partial charge >= 0.3 is 0 Å². The number of hydrogen-bond acceptors (Lipinski definition) is 3. The Labute approximate surface area is 102 Å². The van der Waals surface area contributed by atoms with Gasteiger partial charge < -0.3 is 5.73 Å². The zero-order valence-electron chi connectivity index (χ0n) is 9.35. The van der Waals surface area contributed by atoms with Gasteiger partial charge in [-0.1, -0.05) is 30.7 Å². The van der Waals surface area contributed by atoms with Crippen LogP contribution >= 0.6 is 11.6 Å². The molecule has 0 saturated carbocycles. The molecule has 0 saturated heterocycles. The molecule has 90 valence electrons. The first-order valence-corrected chi connectivity index (χ1v) is 7.39. The highest BCUT2D eigenvalue weighted by Crippen LogP contribution is 2.23. The highest BCUT2D eigenvalue weighted by Gasteiger charge is 2.26. The molecule has 0 radical (unpaired) electrons. The van der Waals surface area contributed by atoms with Crippen molar-refractivity contribution in [2.45, 2.75) is 24.6 Å². The molecule has 0 bridgehead atoms. The molecule has 5 heteroatoms. The van der Waals surface area contributed by atoms with Gasteiger partial charge in [0.2, 0.25) is 0 Å². The third-order valence-corrected chi connectivity index (χ3v) is 4.59. The second-order valence-electron chi connectivity index (χ2n) is 3.85. The lowest BCUT2D eigenvalue weighted by Crippen LogP contribution is -2.32. The minimum atomic E-state index is -3.13.